The minimum atomic E-state index is -2.95. The highest BCUT2D eigenvalue weighted by atomic mass is 32.2. The first kappa shape index (κ1) is 15.3. The smallest absolute Gasteiger partial charge is 0.148 e. The summed E-state index contributed by atoms with van der Waals surface area (Å²) in [5, 5.41) is 0. The number of fused-ring (bicyclic) bond motifs is 1. The molecule has 1 aliphatic carbocycles. The summed E-state index contributed by atoms with van der Waals surface area (Å²) in [6, 6.07) is 5.98. The fraction of sp³-hybridized carbons (Fsp3) is 0.571. The van der Waals surface area contributed by atoms with Gasteiger partial charge in [-0.3, -0.25) is 0 Å². The first-order chi connectivity index (χ1) is 9.31. The quantitative estimate of drug-likeness (QED) is 0.861. The number of hydrogen-bond acceptors (Lipinski definition) is 5. The number of nitrogens with zero attached hydrogens (tertiary/aromatic N) is 1. The van der Waals surface area contributed by atoms with Crippen LogP contribution in [0.3, 0.4) is 0 Å². The normalized spacial score (nSPS) is 22.1. The Labute approximate surface area is 120 Å². The molecule has 0 saturated heterocycles. The van der Waals surface area contributed by atoms with E-state index in [4.69, 9.17) is 10.5 Å². The molecule has 0 heterocycles. The van der Waals surface area contributed by atoms with Gasteiger partial charge in [-0.2, -0.15) is 0 Å². The third-order valence-corrected chi connectivity index (χ3v) is 4.86. The molecule has 1 aromatic rings. The zero-order valence-corrected chi connectivity index (χ0v) is 13.0. The molecule has 0 saturated carbocycles. The maximum absolute atomic E-state index is 11.3. The zero-order valence-electron chi connectivity index (χ0n) is 12.2. The first-order valence-electron chi connectivity index (χ1n) is 6.62. The van der Waals surface area contributed by atoms with E-state index < -0.39 is 9.84 Å². The van der Waals surface area contributed by atoms with Crippen molar-refractivity contribution >= 4 is 9.84 Å². The number of ether oxygens (including phenoxy) is 1. The molecule has 0 radical (unpaired) electrons. The van der Waals surface area contributed by atoms with E-state index in [-0.39, 0.29) is 17.8 Å². The Balaban J connectivity index is 2.10. The Kier molecular flexibility index (Phi) is 4.36. The second kappa shape index (κ2) is 5.71. The maximum atomic E-state index is 11.3. The second-order valence-corrected chi connectivity index (χ2v) is 7.73. The van der Waals surface area contributed by atoms with Crippen molar-refractivity contribution in [3.05, 3.63) is 29.3 Å². The van der Waals surface area contributed by atoms with Gasteiger partial charge in [-0.05, 0) is 36.7 Å². The van der Waals surface area contributed by atoms with Crippen LogP contribution in [0.2, 0.25) is 0 Å². The van der Waals surface area contributed by atoms with Crippen molar-refractivity contribution < 1.29 is 13.2 Å². The van der Waals surface area contributed by atoms with E-state index in [0.29, 0.717) is 6.54 Å². The molecule has 6 heteroatoms. The van der Waals surface area contributed by atoms with Gasteiger partial charge in [0.15, 0.2) is 0 Å². The highest BCUT2D eigenvalue weighted by Gasteiger charge is 2.32. The van der Waals surface area contributed by atoms with E-state index in [1.807, 2.05) is 30.1 Å². The van der Waals surface area contributed by atoms with E-state index >= 15 is 0 Å². The third-order valence-electron chi connectivity index (χ3n) is 3.94. The molecule has 0 bridgehead atoms. The Bertz CT molecular complexity index is 586. The van der Waals surface area contributed by atoms with Crippen molar-refractivity contribution in [1.82, 2.24) is 4.90 Å². The van der Waals surface area contributed by atoms with Gasteiger partial charge in [0.05, 0.1) is 12.9 Å². The van der Waals surface area contributed by atoms with Crippen molar-refractivity contribution in [2.24, 2.45) is 5.73 Å². The summed E-state index contributed by atoms with van der Waals surface area (Å²) in [7, 11) is 0.619. The fourth-order valence-electron chi connectivity index (χ4n) is 2.66. The minimum Gasteiger partial charge on any atom is -0.497 e. The van der Waals surface area contributed by atoms with Crippen LogP contribution in [-0.4, -0.2) is 52.1 Å². The lowest BCUT2D eigenvalue weighted by Gasteiger charge is -2.27. The highest BCUT2D eigenvalue weighted by Crippen LogP contribution is 2.34. The van der Waals surface area contributed by atoms with Gasteiger partial charge in [0.1, 0.15) is 15.6 Å². The van der Waals surface area contributed by atoms with Crippen molar-refractivity contribution in [2.45, 2.75) is 18.5 Å². The van der Waals surface area contributed by atoms with E-state index in [1.54, 1.807) is 7.11 Å². The van der Waals surface area contributed by atoms with E-state index in [2.05, 4.69) is 0 Å². The maximum Gasteiger partial charge on any atom is 0.148 e. The molecule has 0 amide bonds. The largest absolute Gasteiger partial charge is 0.497 e. The lowest BCUT2D eigenvalue weighted by molar-refractivity contribution is 0.234. The molecule has 0 aromatic heterocycles. The van der Waals surface area contributed by atoms with Crippen LogP contribution in [0, 0.1) is 0 Å². The summed E-state index contributed by atoms with van der Waals surface area (Å²) in [6.45, 7) is 0.502. The predicted octanol–water partition coefficient (Wildman–Crippen LogP) is 0.596. The molecule has 5 nitrogen and oxygen atoms in total. The van der Waals surface area contributed by atoms with Gasteiger partial charge in [0, 0.05) is 24.9 Å². The standard InChI is InChI=1S/C14H22N2O3S/c1-16(6-7-20(3,17)18)13-8-10-4-5-11(19-2)9-12(10)14(13)15/h4-5,9,13-14H,6-8,15H2,1-3H3. The van der Waals surface area contributed by atoms with Crippen molar-refractivity contribution in [3.63, 3.8) is 0 Å². The van der Waals surface area contributed by atoms with Crippen LogP contribution in [0.15, 0.2) is 18.2 Å². The molecule has 0 fully saturated rings. The number of methoxy groups -OCH3 is 1. The highest BCUT2D eigenvalue weighted by molar-refractivity contribution is 7.90. The topological polar surface area (TPSA) is 72.6 Å². The van der Waals surface area contributed by atoms with Crippen LogP contribution in [0.4, 0.5) is 0 Å². The Morgan fingerprint density at radius 2 is 2.15 bits per heavy atom. The summed E-state index contributed by atoms with van der Waals surface area (Å²) >= 11 is 0. The molecule has 112 valence electrons. The van der Waals surface area contributed by atoms with E-state index in [9.17, 15) is 8.42 Å². The molecule has 2 rings (SSSR count). The average Bonchev–Trinajstić information content (AvgIpc) is 2.72. The lowest BCUT2D eigenvalue weighted by Crippen LogP contribution is -2.40. The van der Waals surface area contributed by atoms with Crippen LogP contribution in [0.25, 0.3) is 0 Å². The van der Waals surface area contributed by atoms with Crippen LogP contribution in [0.5, 0.6) is 5.75 Å². The number of nitrogens with two attached hydrogens (primary N) is 1. The number of sulfone groups is 1. The Hall–Kier alpha value is -1.11. The van der Waals surface area contributed by atoms with Crippen LogP contribution in [-0.2, 0) is 16.3 Å². The number of rotatable bonds is 5. The zero-order chi connectivity index (χ0) is 14.9. The van der Waals surface area contributed by atoms with Gasteiger partial charge in [-0.25, -0.2) is 8.42 Å². The Morgan fingerprint density at radius 1 is 1.45 bits per heavy atom. The number of benzene rings is 1. The molecule has 2 atom stereocenters. The van der Waals surface area contributed by atoms with Crippen molar-refractivity contribution in [2.75, 3.05) is 32.7 Å². The SMILES string of the molecule is COc1ccc2c(c1)C(N)C(N(C)CCS(C)(=O)=O)C2. The van der Waals surface area contributed by atoms with Crippen LogP contribution in [0.1, 0.15) is 17.2 Å². The summed E-state index contributed by atoms with van der Waals surface area (Å²) in [5.41, 5.74) is 8.62. The van der Waals surface area contributed by atoms with Crippen molar-refractivity contribution in [3.8, 4) is 5.75 Å². The summed E-state index contributed by atoms with van der Waals surface area (Å²) < 4.78 is 27.7. The van der Waals surface area contributed by atoms with Gasteiger partial charge >= 0.3 is 0 Å². The third kappa shape index (κ3) is 3.31. The monoisotopic (exact) mass is 298 g/mol. The molecule has 2 N–H and O–H groups in total. The number of likely N-dealkylation sites (N-methyl/N-ethyl adjacent to an activating group) is 1. The van der Waals surface area contributed by atoms with Crippen molar-refractivity contribution in [1.29, 1.82) is 0 Å². The van der Waals surface area contributed by atoms with Gasteiger partial charge < -0.3 is 15.4 Å². The van der Waals surface area contributed by atoms with Crippen LogP contribution < -0.4 is 10.5 Å². The summed E-state index contributed by atoms with van der Waals surface area (Å²) in [4.78, 5) is 2.04. The minimum absolute atomic E-state index is 0.107. The van der Waals surface area contributed by atoms with Gasteiger partial charge in [-0.1, -0.05) is 6.07 Å². The molecule has 20 heavy (non-hydrogen) atoms. The lowest BCUT2D eigenvalue weighted by atomic mass is 10.1. The van der Waals surface area contributed by atoms with E-state index in [1.165, 1.54) is 11.8 Å². The first-order valence-corrected chi connectivity index (χ1v) is 8.68. The molecule has 0 aliphatic heterocycles. The van der Waals surface area contributed by atoms with Gasteiger partial charge in [0.25, 0.3) is 0 Å². The van der Waals surface area contributed by atoms with Crippen LogP contribution >= 0.6 is 0 Å². The molecular weight excluding hydrogens is 276 g/mol. The summed E-state index contributed by atoms with van der Waals surface area (Å²) in [6.07, 6.45) is 2.11. The molecular formula is C14H22N2O3S. The predicted molar refractivity (Wildman–Crippen MR) is 79.8 cm³/mol. The molecule has 2 unspecified atom stereocenters. The summed E-state index contributed by atoms with van der Waals surface area (Å²) in [5.74, 6) is 0.963. The second-order valence-electron chi connectivity index (χ2n) is 5.47. The molecule has 0 spiro atoms. The molecule has 1 aliphatic rings. The fourth-order valence-corrected chi connectivity index (χ4v) is 3.28. The van der Waals surface area contributed by atoms with Gasteiger partial charge in [0.2, 0.25) is 0 Å². The number of hydrogen-bond donors (Lipinski definition) is 1. The van der Waals surface area contributed by atoms with Gasteiger partial charge in [-0.15, -0.1) is 0 Å². The molecule has 1 aromatic carbocycles. The Morgan fingerprint density at radius 3 is 2.75 bits per heavy atom. The van der Waals surface area contributed by atoms with E-state index in [0.717, 1.165) is 17.7 Å². The average molecular weight is 298 g/mol.